The first-order chi connectivity index (χ1) is 10.8. The largest absolute Gasteiger partial charge is 0.493 e. The van der Waals surface area contributed by atoms with E-state index < -0.39 is 0 Å². The Kier molecular flexibility index (Phi) is 4.28. The molecule has 114 valence electrons. The van der Waals surface area contributed by atoms with E-state index in [9.17, 15) is 4.79 Å². The van der Waals surface area contributed by atoms with Crippen molar-refractivity contribution in [3.63, 3.8) is 0 Å². The summed E-state index contributed by atoms with van der Waals surface area (Å²) in [4.78, 5) is 14.3. The molecule has 2 aromatic rings. The number of hydrogen-bond donors (Lipinski definition) is 1. The van der Waals surface area contributed by atoms with Crippen LogP contribution < -0.4 is 15.4 Å². The van der Waals surface area contributed by atoms with Gasteiger partial charge in [-0.15, -0.1) is 0 Å². The van der Waals surface area contributed by atoms with Gasteiger partial charge in [0.1, 0.15) is 5.75 Å². The third-order valence-corrected chi connectivity index (χ3v) is 3.92. The molecule has 3 rings (SSSR count). The quantitative estimate of drug-likeness (QED) is 0.882. The predicted molar refractivity (Wildman–Crippen MR) is 88.1 cm³/mol. The Balaban J connectivity index is 1.63. The highest BCUT2D eigenvalue weighted by molar-refractivity contribution is 5.95. The van der Waals surface area contributed by atoms with Crippen LogP contribution in [0, 0.1) is 0 Å². The molecule has 1 amide bonds. The van der Waals surface area contributed by atoms with Crippen LogP contribution in [0.4, 0.5) is 11.4 Å². The van der Waals surface area contributed by atoms with Gasteiger partial charge in [0, 0.05) is 17.9 Å². The molecule has 1 aliphatic heterocycles. The van der Waals surface area contributed by atoms with Crippen molar-refractivity contribution in [2.75, 3.05) is 23.8 Å². The topological polar surface area (TPSA) is 55.6 Å². The van der Waals surface area contributed by atoms with Crippen molar-refractivity contribution in [3.8, 4) is 5.75 Å². The van der Waals surface area contributed by atoms with Crippen LogP contribution in [0.25, 0.3) is 0 Å². The fraction of sp³-hybridized carbons (Fsp3) is 0.278. The molecule has 1 aliphatic rings. The van der Waals surface area contributed by atoms with Crippen LogP contribution in [0.3, 0.4) is 0 Å². The number of carbonyl (C=O) groups excluding carboxylic acids is 1. The molecule has 0 atom stereocenters. The van der Waals surface area contributed by atoms with Gasteiger partial charge in [0.25, 0.3) is 0 Å². The van der Waals surface area contributed by atoms with Crippen molar-refractivity contribution >= 4 is 17.3 Å². The third-order valence-electron chi connectivity index (χ3n) is 3.92. The molecule has 0 aromatic heterocycles. The molecular weight excluding hydrogens is 276 g/mol. The molecule has 0 saturated carbocycles. The Morgan fingerprint density at radius 2 is 1.95 bits per heavy atom. The lowest BCUT2D eigenvalue weighted by atomic mass is 9.99. The van der Waals surface area contributed by atoms with Crippen LogP contribution in [-0.4, -0.2) is 19.1 Å². The van der Waals surface area contributed by atoms with E-state index in [1.54, 1.807) is 0 Å². The number of carbonyl (C=O) groups is 1. The molecule has 1 heterocycles. The van der Waals surface area contributed by atoms with Crippen LogP contribution in [0.2, 0.25) is 0 Å². The molecule has 0 fully saturated rings. The number of rotatable bonds is 4. The summed E-state index contributed by atoms with van der Waals surface area (Å²) in [5.41, 5.74) is 8.83. The Hall–Kier alpha value is -2.49. The molecule has 22 heavy (non-hydrogen) atoms. The zero-order chi connectivity index (χ0) is 15.4. The van der Waals surface area contributed by atoms with Gasteiger partial charge in [-0.1, -0.05) is 24.3 Å². The number of ether oxygens (including phenoxy) is 1. The number of nitrogen functional groups attached to an aromatic ring is 1. The summed E-state index contributed by atoms with van der Waals surface area (Å²) in [7, 11) is 0. The smallest absolute Gasteiger partial charge is 0.230 e. The molecule has 2 aromatic carbocycles. The number of nitrogens with two attached hydrogens (primary N) is 1. The van der Waals surface area contributed by atoms with Gasteiger partial charge in [0.15, 0.2) is 0 Å². The van der Waals surface area contributed by atoms with Gasteiger partial charge in [-0.25, -0.2) is 0 Å². The minimum Gasteiger partial charge on any atom is -0.493 e. The van der Waals surface area contributed by atoms with Crippen molar-refractivity contribution in [3.05, 3.63) is 54.1 Å². The predicted octanol–water partition coefficient (Wildman–Crippen LogP) is 3.02. The van der Waals surface area contributed by atoms with Gasteiger partial charge in [-0.3, -0.25) is 4.79 Å². The van der Waals surface area contributed by atoms with E-state index in [2.05, 4.69) is 0 Å². The highest BCUT2D eigenvalue weighted by atomic mass is 16.5. The summed E-state index contributed by atoms with van der Waals surface area (Å²) in [6, 6.07) is 15.3. The van der Waals surface area contributed by atoms with E-state index in [1.165, 1.54) is 0 Å². The normalized spacial score (nSPS) is 13.5. The lowest BCUT2D eigenvalue weighted by Crippen LogP contribution is -2.36. The molecule has 4 nitrogen and oxygen atoms in total. The van der Waals surface area contributed by atoms with E-state index in [-0.39, 0.29) is 5.91 Å². The maximum absolute atomic E-state index is 12.5. The SMILES string of the molecule is Nc1cccc2c1CCCN2C(=O)CCOc1ccccc1. The number of hydrogen-bond acceptors (Lipinski definition) is 3. The van der Waals surface area contributed by atoms with E-state index in [0.29, 0.717) is 13.0 Å². The minimum absolute atomic E-state index is 0.0856. The van der Waals surface area contributed by atoms with Gasteiger partial charge in [0.05, 0.1) is 13.0 Å². The first-order valence-corrected chi connectivity index (χ1v) is 7.61. The Bertz CT molecular complexity index is 655. The summed E-state index contributed by atoms with van der Waals surface area (Å²) in [6.07, 6.45) is 2.25. The Labute approximate surface area is 130 Å². The molecule has 0 spiro atoms. The average Bonchev–Trinajstić information content (AvgIpc) is 2.56. The third kappa shape index (κ3) is 3.06. The number of benzene rings is 2. The second-order valence-electron chi connectivity index (χ2n) is 5.41. The average molecular weight is 296 g/mol. The van der Waals surface area contributed by atoms with Crippen molar-refractivity contribution in [1.82, 2.24) is 0 Å². The molecule has 4 heteroatoms. The first kappa shape index (κ1) is 14.4. The highest BCUT2D eigenvalue weighted by Crippen LogP contribution is 2.31. The van der Waals surface area contributed by atoms with Gasteiger partial charge in [-0.05, 0) is 42.7 Å². The number of nitrogens with zero attached hydrogens (tertiary/aromatic N) is 1. The highest BCUT2D eigenvalue weighted by Gasteiger charge is 2.23. The lowest BCUT2D eigenvalue weighted by molar-refractivity contribution is -0.119. The van der Waals surface area contributed by atoms with Crippen LogP contribution in [0.15, 0.2) is 48.5 Å². The van der Waals surface area contributed by atoms with Crippen molar-refractivity contribution in [2.45, 2.75) is 19.3 Å². The lowest BCUT2D eigenvalue weighted by Gasteiger charge is -2.30. The summed E-state index contributed by atoms with van der Waals surface area (Å²) in [5.74, 6) is 0.876. The number of fused-ring (bicyclic) bond motifs is 1. The fourth-order valence-corrected chi connectivity index (χ4v) is 2.82. The van der Waals surface area contributed by atoms with E-state index in [4.69, 9.17) is 10.5 Å². The summed E-state index contributed by atoms with van der Waals surface area (Å²) >= 11 is 0. The standard InChI is InChI=1S/C18H20N2O2/c19-16-9-4-10-17-15(16)8-5-12-20(17)18(21)11-13-22-14-6-2-1-3-7-14/h1-4,6-7,9-10H,5,8,11-13,19H2. The molecule has 0 radical (unpaired) electrons. The molecule has 0 bridgehead atoms. The maximum atomic E-state index is 12.5. The summed E-state index contributed by atoms with van der Waals surface area (Å²) < 4.78 is 5.61. The van der Waals surface area contributed by atoms with Crippen molar-refractivity contribution < 1.29 is 9.53 Å². The second kappa shape index (κ2) is 6.52. The first-order valence-electron chi connectivity index (χ1n) is 7.61. The Morgan fingerprint density at radius 1 is 1.14 bits per heavy atom. The van der Waals surface area contributed by atoms with Crippen molar-refractivity contribution in [1.29, 1.82) is 0 Å². The molecule has 2 N–H and O–H groups in total. The molecule has 0 saturated heterocycles. The summed E-state index contributed by atoms with van der Waals surface area (Å²) in [5, 5.41) is 0. The van der Waals surface area contributed by atoms with E-state index in [1.807, 2.05) is 53.4 Å². The van der Waals surface area contributed by atoms with Crippen LogP contribution in [-0.2, 0) is 11.2 Å². The van der Waals surface area contributed by atoms with Crippen LogP contribution >= 0.6 is 0 Å². The minimum atomic E-state index is 0.0856. The molecular formula is C18H20N2O2. The van der Waals surface area contributed by atoms with Crippen LogP contribution in [0.5, 0.6) is 5.75 Å². The maximum Gasteiger partial charge on any atom is 0.230 e. The summed E-state index contributed by atoms with van der Waals surface area (Å²) in [6.45, 7) is 1.14. The zero-order valence-corrected chi connectivity index (χ0v) is 12.5. The fourth-order valence-electron chi connectivity index (χ4n) is 2.82. The molecule has 0 unspecified atom stereocenters. The van der Waals surface area contributed by atoms with E-state index >= 15 is 0 Å². The number of para-hydroxylation sites is 1. The number of anilines is 2. The zero-order valence-electron chi connectivity index (χ0n) is 12.5. The monoisotopic (exact) mass is 296 g/mol. The van der Waals surface area contributed by atoms with E-state index in [0.717, 1.165) is 42.1 Å². The Morgan fingerprint density at radius 3 is 2.77 bits per heavy atom. The van der Waals surface area contributed by atoms with Crippen LogP contribution in [0.1, 0.15) is 18.4 Å². The van der Waals surface area contributed by atoms with Gasteiger partial charge in [0.2, 0.25) is 5.91 Å². The van der Waals surface area contributed by atoms with Gasteiger partial charge >= 0.3 is 0 Å². The second-order valence-corrected chi connectivity index (χ2v) is 5.41. The molecule has 0 aliphatic carbocycles. The van der Waals surface area contributed by atoms with Gasteiger partial charge < -0.3 is 15.4 Å². The number of amides is 1. The van der Waals surface area contributed by atoms with Gasteiger partial charge in [-0.2, -0.15) is 0 Å². The van der Waals surface area contributed by atoms with Crippen molar-refractivity contribution in [2.24, 2.45) is 0 Å².